The molecule has 2 saturated carbocycles. The first kappa shape index (κ1) is 50.4. The van der Waals surface area contributed by atoms with Crippen LogP contribution in [0.25, 0.3) is 0 Å². The van der Waals surface area contributed by atoms with Gasteiger partial charge in [-0.15, -0.1) is 0 Å². The van der Waals surface area contributed by atoms with Crippen molar-refractivity contribution in [2.45, 2.75) is 94.2 Å². The molecule has 2 aromatic carbocycles. The third-order valence-electron chi connectivity index (χ3n) is 13.7. The molecule has 0 radical (unpaired) electrons. The zero-order valence-corrected chi connectivity index (χ0v) is 40.2. The predicted octanol–water partition coefficient (Wildman–Crippen LogP) is 6.70. The fraction of sp³-hybridized carbons (Fsp3) is 0.500. The Balaban J connectivity index is 0.000000194. The number of hydrogen-bond donors (Lipinski definition) is 4. The van der Waals surface area contributed by atoms with Gasteiger partial charge in [-0.3, -0.25) is 14.4 Å². The molecule has 19 nitrogen and oxygen atoms in total. The van der Waals surface area contributed by atoms with E-state index in [0.29, 0.717) is 28.5 Å². The Morgan fingerprint density at radius 3 is 1.51 bits per heavy atom. The van der Waals surface area contributed by atoms with E-state index in [1.165, 1.54) is 63.8 Å². The number of amides is 3. The number of ether oxygens (including phenoxy) is 2. The number of fused-ring (bicyclic) bond motifs is 2. The van der Waals surface area contributed by atoms with Gasteiger partial charge in [0.15, 0.2) is 11.6 Å². The van der Waals surface area contributed by atoms with E-state index in [9.17, 15) is 36.7 Å². The number of benzene rings is 2. The molecule has 3 amide bonds. The van der Waals surface area contributed by atoms with Gasteiger partial charge in [0.2, 0.25) is 11.9 Å². The van der Waals surface area contributed by atoms with E-state index in [-0.39, 0.29) is 64.4 Å². The molecule has 0 unspecified atom stereocenters. The average molecular weight is 991 g/mol. The van der Waals surface area contributed by atoms with Gasteiger partial charge in [0, 0.05) is 37.8 Å². The quantitative estimate of drug-likeness (QED) is 0.115. The number of likely N-dealkylation sites (tertiary alicyclic amines) is 1. The third-order valence-corrected chi connectivity index (χ3v) is 13.7. The number of carboxylic acids is 1. The number of aromatic nitrogens is 4. The van der Waals surface area contributed by atoms with Crippen LogP contribution in [0.2, 0.25) is 0 Å². The molecular formula is C48H58F4N12O7. The number of alkyl halides is 4. The van der Waals surface area contributed by atoms with Crippen LogP contribution in [0, 0.1) is 0 Å². The van der Waals surface area contributed by atoms with Crippen molar-refractivity contribution in [3.63, 3.8) is 0 Å². The lowest BCUT2D eigenvalue weighted by atomic mass is 10.0. The predicted molar refractivity (Wildman–Crippen MR) is 257 cm³/mol. The molecule has 2 aromatic heterocycles. The third kappa shape index (κ3) is 10.8. The number of piperidine rings is 1. The summed E-state index contributed by atoms with van der Waals surface area (Å²) in [4.78, 5) is 73.7. The number of carboxylic acid groups (broad SMARTS) is 1. The van der Waals surface area contributed by atoms with E-state index in [1.807, 2.05) is 0 Å². The smallest absolute Gasteiger partial charge is 0.342 e. The molecule has 4 N–H and O–H groups in total. The van der Waals surface area contributed by atoms with Gasteiger partial charge >= 0.3 is 17.8 Å². The van der Waals surface area contributed by atoms with Crippen LogP contribution in [0.4, 0.5) is 63.8 Å². The minimum Gasteiger partial charge on any atom is -0.495 e. The lowest BCUT2D eigenvalue weighted by Crippen LogP contribution is -2.48. The molecule has 3 fully saturated rings. The lowest BCUT2D eigenvalue weighted by Gasteiger charge is -2.31. The van der Waals surface area contributed by atoms with Gasteiger partial charge in [0.05, 0.1) is 56.6 Å². The Labute approximate surface area is 407 Å². The molecule has 71 heavy (non-hydrogen) atoms. The van der Waals surface area contributed by atoms with Crippen molar-refractivity contribution in [1.29, 1.82) is 0 Å². The Kier molecular flexibility index (Phi) is 14.7. The fourth-order valence-electron chi connectivity index (χ4n) is 9.73. The second kappa shape index (κ2) is 20.7. The number of methoxy groups -OCH3 is 2. The summed E-state index contributed by atoms with van der Waals surface area (Å²) in [6, 6.07) is 9.15. The number of nitrogens with one attached hydrogen (secondary N) is 3. The Bertz CT molecular complexity index is 2640. The first-order chi connectivity index (χ1) is 33.9. The number of anilines is 8. The molecule has 1 saturated heterocycles. The summed E-state index contributed by atoms with van der Waals surface area (Å²) in [6.07, 6.45) is 11.3. The van der Waals surface area contributed by atoms with Gasteiger partial charge in [0.1, 0.15) is 22.9 Å². The van der Waals surface area contributed by atoms with E-state index >= 15 is 0 Å². The van der Waals surface area contributed by atoms with Crippen LogP contribution in [-0.2, 0) is 9.59 Å². The highest BCUT2D eigenvalue weighted by atomic mass is 19.3. The van der Waals surface area contributed by atoms with Crippen LogP contribution >= 0.6 is 0 Å². The number of carbonyl (C=O) groups excluding carboxylic acids is 3. The monoisotopic (exact) mass is 990 g/mol. The Morgan fingerprint density at radius 1 is 0.662 bits per heavy atom. The largest absolute Gasteiger partial charge is 0.495 e. The van der Waals surface area contributed by atoms with Gasteiger partial charge in [-0.25, -0.2) is 14.8 Å². The van der Waals surface area contributed by atoms with Gasteiger partial charge < -0.3 is 55.0 Å². The number of carbonyl (C=O) groups is 4. The van der Waals surface area contributed by atoms with Crippen LogP contribution in [0.1, 0.15) is 84.9 Å². The second-order valence-corrected chi connectivity index (χ2v) is 18.5. The molecule has 3 aliphatic heterocycles. The summed E-state index contributed by atoms with van der Waals surface area (Å²) in [7, 11) is 7.58. The molecule has 380 valence electrons. The van der Waals surface area contributed by atoms with Crippen molar-refractivity contribution in [1.82, 2.24) is 30.2 Å². The van der Waals surface area contributed by atoms with Gasteiger partial charge in [-0.05, 0) is 95.1 Å². The summed E-state index contributed by atoms with van der Waals surface area (Å²) < 4.78 is 69.8. The number of rotatable bonds is 11. The van der Waals surface area contributed by atoms with Crippen LogP contribution in [-0.4, -0.2) is 145 Å². The van der Waals surface area contributed by atoms with Crippen molar-refractivity contribution in [3.05, 3.63) is 59.9 Å². The molecule has 4 aromatic rings. The zero-order chi connectivity index (χ0) is 50.8. The molecule has 9 rings (SSSR count). The molecule has 0 atom stereocenters. The number of aromatic carboxylic acids is 1. The molecule has 0 spiro atoms. The van der Waals surface area contributed by atoms with Crippen molar-refractivity contribution >= 4 is 70.0 Å². The Morgan fingerprint density at radius 2 is 1.08 bits per heavy atom. The summed E-state index contributed by atoms with van der Waals surface area (Å²) in [5.74, 6) is -9.44. The van der Waals surface area contributed by atoms with Crippen LogP contribution < -0.4 is 45.0 Å². The summed E-state index contributed by atoms with van der Waals surface area (Å²) in [5, 5.41) is 18.3. The minimum absolute atomic E-state index is 0.0463. The highest BCUT2D eigenvalue weighted by Gasteiger charge is 2.50. The SMILES string of the molecule is COc1cc(C(=O)NC2CCN(C)CC2)ccc1Nc1ncc2c(n1)N(C1CCCC1)CC(F)(F)C(=O)N2C.COc1cc(C(=O)O)ccc1Nc1ncc2c(n1)N(C1CCCC1)CC(F)(F)C(=O)N2C. The van der Waals surface area contributed by atoms with Gasteiger partial charge in [-0.2, -0.15) is 27.5 Å². The maximum absolute atomic E-state index is 14.8. The highest BCUT2D eigenvalue weighted by Crippen LogP contribution is 2.42. The van der Waals surface area contributed by atoms with E-state index in [4.69, 9.17) is 14.6 Å². The number of halogens is 4. The molecule has 5 aliphatic rings. The minimum atomic E-state index is -3.55. The molecule has 2 aliphatic carbocycles. The Hall–Kier alpha value is -7.04. The zero-order valence-electron chi connectivity index (χ0n) is 40.2. The first-order valence-corrected chi connectivity index (χ1v) is 23.6. The summed E-state index contributed by atoms with van der Waals surface area (Å²) >= 11 is 0. The van der Waals surface area contributed by atoms with Crippen molar-refractivity contribution < 1.29 is 51.3 Å². The molecule has 23 heteroatoms. The van der Waals surface area contributed by atoms with Gasteiger partial charge in [-0.1, -0.05) is 25.7 Å². The van der Waals surface area contributed by atoms with E-state index < -0.39 is 42.7 Å². The topological polar surface area (TPSA) is 211 Å². The maximum Gasteiger partial charge on any atom is 0.342 e. The van der Waals surface area contributed by atoms with E-state index in [1.54, 1.807) is 23.1 Å². The lowest BCUT2D eigenvalue weighted by molar-refractivity contribution is -0.141. The normalized spacial score (nSPS) is 19.5. The maximum atomic E-state index is 14.8. The standard InChI is InChI=1S/C27H35F2N7O3.C21H23F2N5O4/c1-34-12-10-18(11-13-34)31-24(37)17-8-9-20(22(14-17)39-3)32-26-30-15-21-23(33-26)36(19-6-4-5-7-19)16-27(28,29)25(38)35(21)2;1-27-15-10-24-20(25-14-8-7-12(18(29)30)9-16(14)32-2)26-17(15)28(13-5-3-4-6-13)11-21(22,23)19(27)31/h8-9,14-15,18-19H,4-7,10-13,16H2,1-3H3,(H,31,37)(H,30,32,33);7-10,13H,3-6,11H2,1-2H3,(H,29,30)(H,24,25,26). The fourth-order valence-corrected chi connectivity index (χ4v) is 9.73. The first-order valence-electron chi connectivity index (χ1n) is 23.6. The number of nitrogens with zero attached hydrogens (tertiary/aromatic N) is 9. The second-order valence-electron chi connectivity index (χ2n) is 18.5. The van der Waals surface area contributed by atoms with Gasteiger partial charge in [0.25, 0.3) is 17.7 Å². The summed E-state index contributed by atoms with van der Waals surface area (Å²) in [6.45, 7) is 0.408. The molecule has 5 heterocycles. The highest BCUT2D eigenvalue weighted by molar-refractivity contribution is 6.03. The van der Waals surface area contributed by atoms with E-state index in [0.717, 1.165) is 87.1 Å². The summed E-state index contributed by atoms with van der Waals surface area (Å²) in [5.41, 5.74) is 1.89. The van der Waals surface area contributed by atoms with Crippen molar-refractivity contribution in [2.24, 2.45) is 0 Å². The van der Waals surface area contributed by atoms with Crippen LogP contribution in [0.15, 0.2) is 48.8 Å². The van der Waals surface area contributed by atoms with Crippen LogP contribution in [0.3, 0.4) is 0 Å². The van der Waals surface area contributed by atoms with E-state index in [2.05, 4.69) is 47.8 Å². The van der Waals surface area contributed by atoms with Crippen molar-refractivity contribution in [2.75, 3.05) is 91.8 Å². The average Bonchev–Trinajstić information content (AvgIpc) is 4.09. The molecule has 0 bridgehead atoms. The van der Waals surface area contributed by atoms with Crippen LogP contribution in [0.5, 0.6) is 11.5 Å². The molecular weight excluding hydrogens is 933 g/mol. The number of hydrogen-bond acceptors (Lipinski definition) is 15. The van der Waals surface area contributed by atoms with Crippen molar-refractivity contribution in [3.8, 4) is 11.5 Å².